The van der Waals surface area contributed by atoms with Crippen molar-refractivity contribution in [1.82, 2.24) is 14.5 Å². The summed E-state index contributed by atoms with van der Waals surface area (Å²) in [4.78, 5) is 19.0. The van der Waals surface area contributed by atoms with E-state index >= 15 is 0 Å². The maximum absolute atomic E-state index is 12.2. The molecular weight excluding hydrogens is 334 g/mol. The van der Waals surface area contributed by atoms with Crippen LogP contribution in [0.5, 0.6) is 0 Å². The first-order valence-electron chi connectivity index (χ1n) is 8.63. The topological polar surface area (TPSA) is 38.1 Å². The summed E-state index contributed by atoms with van der Waals surface area (Å²) in [6.45, 7) is 4.22. The van der Waals surface area contributed by atoms with Gasteiger partial charge in [0.05, 0.1) is 11.0 Å². The zero-order valence-corrected chi connectivity index (χ0v) is 14.9. The number of hydrogen-bond donors (Lipinski definition) is 0. The van der Waals surface area contributed by atoms with Gasteiger partial charge in [0.15, 0.2) is 0 Å². The summed E-state index contributed by atoms with van der Waals surface area (Å²) in [6, 6.07) is 16.1. The minimum absolute atomic E-state index is 0.138. The van der Waals surface area contributed by atoms with Crippen molar-refractivity contribution < 1.29 is 4.79 Å². The van der Waals surface area contributed by atoms with Gasteiger partial charge in [0.25, 0.3) is 0 Å². The summed E-state index contributed by atoms with van der Waals surface area (Å²) in [5.41, 5.74) is 3.20. The smallest absolute Gasteiger partial charge is 0.223 e. The Balaban J connectivity index is 1.77. The molecule has 4 nitrogen and oxygen atoms in total. The number of halogens is 1. The number of likely N-dealkylation sites (tertiary alicyclic amines) is 1. The van der Waals surface area contributed by atoms with E-state index in [1.54, 1.807) is 0 Å². The van der Waals surface area contributed by atoms with Crippen molar-refractivity contribution in [3.8, 4) is 0 Å². The maximum atomic E-state index is 12.2. The zero-order valence-electron chi connectivity index (χ0n) is 14.2. The highest BCUT2D eigenvalue weighted by molar-refractivity contribution is 6.30. The summed E-state index contributed by atoms with van der Waals surface area (Å²) < 4.78 is 2.23. The molecule has 128 valence electrons. The zero-order chi connectivity index (χ0) is 17.4. The number of carbonyl (C=O) groups excluding carboxylic acids is 1. The normalized spacial score (nSPS) is 17.6. The summed E-state index contributed by atoms with van der Waals surface area (Å²) in [7, 11) is 0. The number of para-hydroxylation sites is 2. The van der Waals surface area contributed by atoms with Crippen molar-refractivity contribution in [2.75, 3.05) is 13.1 Å². The first-order valence-corrected chi connectivity index (χ1v) is 9.01. The quantitative estimate of drug-likeness (QED) is 0.709. The Hall–Kier alpha value is -2.33. The fraction of sp³-hybridized carbons (Fsp3) is 0.300. The number of benzene rings is 2. The summed E-state index contributed by atoms with van der Waals surface area (Å²) in [6.07, 6.45) is 0.534. The molecule has 1 unspecified atom stereocenters. The monoisotopic (exact) mass is 353 g/mol. The molecule has 2 aromatic carbocycles. The lowest BCUT2D eigenvalue weighted by atomic mass is 10.1. The Bertz CT molecular complexity index is 934. The number of likely N-dealkylation sites (N-methyl/N-ethyl adjacent to an activating group) is 1. The average Bonchev–Trinajstić information content (AvgIpc) is 3.16. The van der Waals surface area contributed by atoms with Gasteiger partial charge in [-0.1, -0.05) is 35.9 Å². The van der Waals surface area contributed by atoms with Gasteiger partial charge in [-0.05, 0) is 36.8 Å². The van der Waals surface area contributed by atoms with Gasteiger partial charge in [0.1, 0.15) is 5.82 Å². The second-order valence-electron chi connectivity index (χ2n) is 6.51. The van der Waals surface area contributed by atoms with E-state index in [2.05, 4.69) is 16.7 Å². The fourth-order valence-corrected chi connectivity index (χ4v) is 3.85. The van der Waals surface area contributed by atoms with Crippen LogP contribution in [0.4, 0.5) is 0 Å². The van der Waals surface area contributed by atoms with E-state index in [1.807, 2.05) is 48.2 Å². The van der Waals surface area contributed by atoms with Crippen molar-refractivity contribution in [1.29, 1.82) is 0 Å². The highest BCUT2D eigenvalue weighted by Gasteiger charge is 2.33. The molecule has 1 amide bonds. The predicted octanol–water partition coefficient (Wildman–Crippen LogP) is 4.07. The molecule has 0 spiro atoms. The van der Waals surface area contributed by atoms with E-state index in [9.17, 15) is 4.79 Å². The molecule has 1 saturated heterocycles. The molecule has 4 rings (SSSR count). The molecule has 0 radical (unpaired) electrons. The third-order valence-electron chi connectivity index (χ3n) is 4.88. The van der Waals surface area contributed by atoms with E-state index in [-0.39, 0.29) is 11.8 Å². The predicted molar refractivity (Wildman–Crippen MR) is 99.9 cm³/mol. The minimum Gasteiger partial charge on any atom is -0.342 e. The van der Waals surface area contributed by atoms with E-state index < -0.39 is 0 Å². The van der Waals surface area contributed by atoms with Crippen molar-refractivity contribution in [3.05, 3.63) is 64.9 Å². The van der Waals surface area contributed by atoms with E-state index in [0.29, 0.717) is 13.0 Å². The second-order valence-corrected chi connectivity index (χ2v) is 6.94. The van der Waals surface area contributed by atoms with Crippen LogP contribution in [-0.2, 0) is 11.3 Å². The van der Waals surface area contributed by atoms with E-state index in [0.717, 1.165) is 40.5 Å². The molecule has 1 aromatic heterocycles. The SMILES string of the molecule is CCN1CC(c2nc3ccccc3n2Cc2cccc(Cl)c2)CC1=O. The van der Waals surface area contributed by atoms with Crippen LogP contribution in [0.2, 0.25) is 5.02 Å². The Morgan fingerprint density at radius 1 is 1.20 bits per heavy atom. The van der Waals surface area contributed by atoms with Crippen LogP contribution >= 0.6 is 11.6 Å². The van der Waals surface area contributed by atoms with Gasteiger partial charge in [-0.25, -0.2) is 4.98 Å². The average molecular weight is 354 g/mol. The van der Waals surface area contributed by atoms with Crippen molar-refractivity contribution in [2.24, 2.45) is 0 Å². The van der Waals surface area contributed by atoms with Gasteiger partial charge < -0.3 is 9.47 Å². The third kappa shape index (κ3) is 3.02. The van der Waals surface area contributed by atoms with Crippen LogP contribution in [0.15, 0.2) is 48.5 Å². The Kier molecular flexibility index (Phi) is 4.22. The lowest BCUT2D eigenvalue weighted by Gasteiger charge is -2.15. The van der Waals surface area contributed by atoms with Gasteiger partial charge in [0.2, 0.25) is 5.91 Å². The van der Waals surface area contributed by atoms with Gasteiger partial charge in [-0.3, -0.25) is 4.79 Å². The first-order chi connectivity index (χ1) is 12.2. The third-order valence-corrected chi connectivity index (χ3v) is 5.11. The molecule has 0 bridgehead atoms. The Morgan fingerprint density at radius 2 is 2.04 bits per heavy atom. The number of hydrogen-bond acceptors (Lipinski definition) is 2. The molecule has 1 aliphatic heterocycles. The number of fused-ring (bicyclic) bond motifs is 1. The highest BCUT2D eigenvalue weighted by atomic mass is 35.5. The first kappa shape index (κ1) is 16.2. The van der Waals surface area contributed by atoms with Crippen molar-refractivity contribution in [2.45, 2.75) is 25.8 Å². The second kappa shape index (κ2) is 6.52. The van der Waals surface area contributed by atoms with Gasteiger partial charge in [-0.15, -0.1) is 0 Å². The van der Waals surface area contributed by atoms with Crippen LogP contribution in [0, 0.1) is 0 Å². The molecule has 25 heavy (non-hydrogen) atoms. The Morgan fingerprint density at radius 3 is 2.80 bits per heavy atom. The number of imidazole rings is 1. The molecular formula is C20H20ClN3O. The van der Waals surface area contributed by atoms with Crippen LogP contribution in [0.1, 0.15) is 30.7 Å². The van der Waals surface area contributed by atoms with Crippen molar-refractivity contribution in [3.63, 3.8) is 0 Å². The molecule has 0 N–H and O–H groups in total. The summed E-state index contributed by atoms with van der Waals surface area (Å²) >= 11 is 6.15. The number of nitrogens with zero attached hydrogens (tertiary/aromatic N) is 3. The fourth-order valence-electron chi connectivity index (χ4n) is 3.64. The van der Waals surface area contributed by atoms with Gasteiger partial charge >= 0.3 is 0 Å². The maximum Gasteiger partial charge on any atom is 0.223 e. The molecule has 5 heteroatoms. The molecule has 3 aromatic rings. The van der Waals surface area contributed by atoms with E-state index in [4.69, 9.17) is 16.6 Å². The van der Waals surface area contributed by atoms with Gasteiger partial charge in [0, 0.05) is 37.0 Å². The molecule has 1 fully saturated rings. The van der Waals surface area contributed by atoms with Crippen LogP contribution < -0.4 is 0 Å². The van der Waals surface area contributed by atoms with Crippen LogP contribution in [0.25, 0.3) is 11.0 Å². The van der Waals surface area contributed by atoms with Crippen molar-refractivity contribution >= 4 is 28.5 Å². The van der Waals surface area contributed by atoms with Crippen LogP contribution in [-0.4, -0.2) is 33.4 Å². The molecule has 1 atom stereocenters. The largest absolute Gasteiger partial charge is 0.342 e. The minimum atomic E-state index is 0.138. The van der Waals surface area contributed by atoms with Gasteiger partial charge in [-0.2, -0.15) is 0 Å². The molecule has 0 aliphatic carbocycles. The van der Waals surface area contributed by atoms with Crippen LogP contribution in [0.3, 0.4) is 0 Å². The highest BCUT2D eigenvalue weighted by Crippen LogP contribution is 2.31. The molecule has 0 saturated carbocycles. The number of carbonyl (C=O) groups is 1. The lowest BCUT2D eigenvalue weighted by Crippen LogP contribution is -2.24. The number of rotatable bonds is 4. The number of aromatic nitrogens is 2. The Labute approximate surface area is 152 Å². The molecule has 1 aliphatic rings. The van der Waals surface area contributed by atoms with E-state index in [1.165, 1.54) is 0 Å². The lowest BCUT2D eigenvalue weighted by molar-refractivity contribution is -0.127. The number of amides is 1. The molecule has 2 heterocycles. The summed E-state index contributed by atoms with van der Waals surface area (Å²) in [5, 5.41) is 0.733. The standard InChI is InChI=1S/C20H20ClN3O/c1-2-23-13-15(11-19(23)25)20-22-17-8-3-4-9-18(17)24(20)12-14-6-5-7-16(21)10-14/h3-10,15H,2,11-13H2,1H3. The summed E-state index contributed by atoms with van der Waals surface area (Å²) in [5.74, 6) is 1.35.